The predicted octanol–water partition coefficient (Wildman–Crippen LogP) is 3.76. The SMILES string of the molecule is Cc1cc(C)c2c(c1Cl)CC(=N/OCC(=O)N1CCNCC1)/C=C/CC/C=C/CCOC2=O. The van der Waals surface area contributed by atoms with Crippen LogP contribution in [0, 0.1) is 13.8 Å². The Balaban J connectivity index is 1.86. The molecule has 2 aliphatic heterocycles. The largest absolute Gasteiger partial charge is 0.462 e. The average Bonchev–Trinajstić information content (AvgIpc) is 2.80. The number of amides is 1. The van der Waals surface area contributed by atoms with Crippen LogP contribution in [0.4, 0.5) is 0 Å². The highest BCUT2D eigenvalue weighted by molar-refractivity contribution is 6.33. The number of hydrogen-bond donors (Lipinski definition) is 1. The second kappa shape index (κ2) is 12.6. The Morgan fingerprint density at radius 1 is 1.15 bits per heavy atom. The van der Waals surface area contributed by atoms with Gasteiger partial charge in [0.2, 0.25) is 0 Å². The molecule has 0 bridgehead atoms. The fourth-order valence-corrected chi connectivity index (χ4v) is 4.13. The van der Waals surface area contributed by atoms with Crippen LogP contribution in [0.2, 0.25) is 5.02 Å². The van der Waals surface area contributed by atoms with Gasteiger partial charge in [0, 0.05) is 37.6 Å². The molecule has 0 spiro atoms. The van der Waals surface area contributed by atoms with Crippen LogP contribution >= 0.6 is 11.6 Å². The van der Waals surface area contributed by atoms with Crippen LogP contribution < -0.4 is 5.32 Å². The van der Waals surface area contributed by atoms with Crippen molar-refractivity contribution in [2.75, 3.05) is 39.4 Å². The number of rotatable bonds is 3. The number of piperazine rings is 1. The molecule has 2 aliphatic rings. The number of hydrogen-bond acceptors (Lipinski definition) is 6. The van der Waals surface area contributed by atoms with Crippen LogP contribution in [0.15, 0.2) is 35.5 Å². The predicted molar refractivity (Wildman–Crippen MR) is 130 cm³/mol. The summed E-state index contributed by atoms with van der Waals surface area (Å²) in [4.78, 5) is 32.5. The van der Waals surface area contributed by atoms with E-state index in [2.05, 4.69) is 16.5 Å². The van der Waals surface area contributed by atoms with Crippen molar-refractivity contribution in [1.82, 2.24) is 10.2 Å². The highest BCUT2D eigenvalue weighted by Gasteiger charge is 2.22. The highest BCUT2D eigenvalue weighted by atomic mass is 35.5. The maximum atomic E-state index is 12.9. The lowest BCUT2D eigenvalue weighted by Gasteiger charge is -2.26. The zero-order chi connectivity index (χ0) is 23.6. The van der Waals surface area contributed by atoms with Gasteiger partial charge in [0.05, 0.1) is 17.9 Å². The molecule has 1 amide bonds. The molecule has 7 nitrogen and oxygen atoms in total. The number of benzene rings is 1. The van der Waals surface area contributed by atoms with E-state index >= 15 is 0 Å². The lowest BCUT2D eigenvalue weighted by Crippen LogP contribution is -2.47. The third-order valence-electron chi connectivity index (χ3n) is 5.64. The molecule has 8 heteroatoms. The van der Waals surface area contributed by atoms with Gasteiger partial charge in [-0.25, -0.2) is 4.79 Å². The van der Waals surface area contributed by atoms with E-state index in [9.17, 15) is 9.59 Å². The summed E-state index contributed by atoms with van der Waals surface area (Å²) in [5.41, 5.74) is 3.39. The topological polar surface area (TPSA) is 80.2 Å². The van der Waals surface area contributed by atoms with E-state index in [0.29, 0.717) is 54.4 Å². The van der Waals surface area contributed by atoms with Crippen LogP contribution in [0.5, 0.6) is 0 Å². The first-order chi connectivity index (χ1) is 16.0. The molecule has 0 saturated carbocycles. The molecule has 33 heavy (non-hydrogen) atoms. The van der Waals surface area contributed by atoms with E-state index in [4.69, 9.17) is 21.2 Å². The standard InChI is InChI=1S/C25H32ClN3O4/c1-18-15-19(2)24(26)21-16-20(28-33-17-22(30)29-12-10-27-11-13-29)9-7-5-3-4-6-8-14-32-25(31)23(18)21/h4,6-7,9,15,27H,3,5,8,10-14,16-17H2,1-2H3/b6-4+,9-7+,28-20+. The summed E-state index contributed by atoms with van der Waals surface area (Å²) in [5.74, 6) is -0.488. The molecular formula is C25H32ClN3O4. The molecule has 0 atom stereocenters. The van der Waals surface area contributed by atoms with Crippen LogP contribution in [-0.4, -0.2) is 61.9 Å². The fraction of sp³-hybridized carbons (Fsp3) is 0.480. The van der Waals surface area contributed by atoms with Gasteiger partial charge in [0.25, 0.3) is 5.91 Å². The zero-order valence-electron chi connectivity index (χ0n) is 19.4. The van der Waals surface area contributed by atoms with E-state index < -0.39 is 5.97 Å². The summed E-state index contributed by atoms with van der Waals surface area (Å²) in [6, 6.07) is 1.89. The van der Waals surface area contributed by atoms with Gasteiger partial charge in [-0.15, -0.1) is 0 Å². The van der Waals surface area contributed by atoms with Crippen molar-refractivity contribution in [2.24, 2.45) is 5.16 Å². The number of nitrogens with one attached hydrogen (secondary N) is 1. The van der Waals surface area contributed by atoms with Gasteiger partial charge in [0.15, 0.2) is 6.61 Å². The van der Waals surface area contributed by atoms with Crippen molar-refractivity contribution in [2.45, 2.75) is 39.5 Å². The Morgan fingerprint density at radius 2 is 1.88 bits per heavy atom. The van der Waals surface area contributed by atoms with Crippen molar-refractivity contribution in [3.8, 4) is 0 Å². The Bertz CT molecular complexity index is 949. The first kappa shape index (κ1) is 25.0. The molecule has 0 radical (unpaired) electrons. The summed E-state index contributed by atoms with van der Waals surface area (Å²) in [6.07, 6.45) is 10.7. The normalized spacial score (nSPS) is 21.0. The average molecular weight is 474 g/mol. The van der Waals surface area contributed by atoms with Crippen LogP contribution in [0.1, 0.15) is 46.3 Å². The monoisotopic (exact) mass is 473 g/mol. The van der Waals surface area contributed by atoms with Gasteiger partial charge in [0.1, 0.15) is 0 Å². The maximum Gasteiger partial charge on any atom is 0.338 e. The lowest BCUT2D eigenvalue weighted by molar-refractivity contribution is -0.136. The molecule has 0 aliphatic carbocycles. The number of carbonyl (C=O) groups is 2. The molecular weight excluding hydrogens is 442 g/mol. The number of nitrogens with zero attached hydrogens (tertiary/aromatic N) is 2. The first-order valence-electron chi connectivity index (χ1n) is 11.4. The minimum Gasteiger partial charge on any atom is -0.462 e. The summed E-state index contributed by atoms with van der Waals surface area (Å²) in [7, 11) is 0. The summed E-state index contributed by atoms with van der Waals surface area (Å²) in [6.45, 7) is 6.85. The third-order valence-corrected chi connectivity index (χ3v) is 6.16. The van der Waals surface area contributed by atoms with E-state index in [1.54, 1.807) is 4.90 Å². The van der Waals surface area contributed by atoms with Crippen molar-refractivity contribution >= 4 is 29.2 Å². The minimum atomic E-state index is -0.395. The molecule has 1 N–H and O–H groups in total. The number of ether oxygens (including phenoxy) is 1. The van der Waals surface area contributed by atoms with Gasteiger partial charge in [-0.2, -0.15) is 0 Å². The van der Waals surface area contributed by atoms with Gasteiger partial charge in [-0.05, 0) is 55.9 Å². The number of cyclic esters (lactones) is 1. The second-order valence-electron chi connectivity index (χ2n) is 8.22. The quantitative estimate of drug-likeness (QED) is 0.411. The van der Waals surface area contributed by atoms with Crippen molar-refractivity contribution in [1.29, 1.82) is 0 Å². The molecule has 1 aromatic carbocycles. The maximum absolute atomic E-state index is 12.9. The van der Waals surface area contributed by atoms with Crippen molar-refractivity contribution < 1.29 is 19.2 Å². The molecule has 1 saturated heterocycles. The molecule has 178 valence electrons. The van der Waals surface area contributed by atoms with Crippen LogP contribution in [0.3, 0.4) is 0 Å². The molecule has 1 fully saturated rings. The third kappa shape index (κ3) is 7.17. The number of carbonyl (C=O) groups excluding carboxylic acids is 2. The Labute approximate surface area is 200 Å². The summed E-state index contributed by atoms with van der Waals surface area (Å²) >= 11 is 6.65. The van der Waals surface area contributed by atoms with Crippen LogP contribution in [0.25, 0.3) is 0 Å². The number of aryl methyl sites for hydroxylation is 2. The fourth-order valence-electron chi connectivity index (χ4n) is 3.91. The summed E-state index contributed by atoms with van der Waals surface area (Å²) < 4.78 is 5.51. The first-order valence-corrected chi connectivity index (χ1v) is 11.8. The Kier molecular flexibility index (Phi) is 9.51. The highest BCUT2D eigenvalue weighted by Crippen LogP contribution is 2.29. The molecule has 0 aromatic heterocycles. The molecule has 0 unspecified atom stereocenters. The van der Waals surface area contributed by atoms with Crippen LogP contribution in [-0.2, 0) is 20.8 Å². The van der Waals surface area contributed by atoms with Crippen molar-refractivity contribution in [3.05, 3.63) is 57.6 Å². The molecule has 3 rings (SSSR count). The zero-order valence-corrected chi connectivity index (χ0v) is 20.1. The second-order valence-corrected chi connectivity index (χ2v) is 8.60. The Hall–Kier alpha value is -2.64. The molecule has 2 heterocycles. The lowest BCUT2D eigenvalue weighted by atomic mass is 9.94. The number of allylic oxidation sites excluding steroid dienone is 3. The van der Waals surface area contributed by atoms with E-state index in [-0.39, 0.29) is 12.5 Å². The van der Waals surface area contributed by atoms with E-state index in [0.717, 1.165) is 37.1 Å². The Morgan fingerprint density at radius 3 is 2.67 bits per heavy atom. The number of halogens is 1. The van der Waals surface area contributed by atoms with Crippen molar-refractivity contribution in [3.63, 3.8) is 0 Å². The smallest absolute Gasteiger partial charge is 0.338 e. The van der Waals surface area contributed by atoms with E-state index in [1.807, 2.05) is 38.1 Å². The van der Waals surface area contributed by atoms with Gasteiger partial charge < -0.3 is 19.8 Å². The van der Waals surface area contributed by atoms with Gasteiger partial charge >= 0.3 is 5.97 Å². The van der Waals surface area contributed by atoms with E-state index in [1.165, 1.54) is 0 Å². The summed E-state index contributed by atoms with van der Waals surface area (Å²) in [5, 5.41) is 7.98. The number of fused-ring (bicyclic) bond motifs is 1. The van der Waals surface area contributed by atoms with Gasteiger partial charge in [-0.1, -0.05) is 41.1 Å². The molecule has 1 aromatic rings. The number of esters is 1. The van der Waals surface area contributed by atoms with Gasteiger partial charge in [-0.3, -0.25) is 4.79 Å². The minimum absolute atomic E-state index is 0.0930. The number of oxime groups is 1.